The smallest absolute Gasteiger partial charge is 0.311 e. The van der Waals surface area contributed by atoms with Crippen molar-refractivity contribution in [3.63, 3.8) is 0 Å². The second-order valence-electron chi connectivity index (χ2n) is 3.84. The van der Waals surface area contributed by atoms with Crippen LogP contribution in [-0.2, 0) is 16.1 Å². The highest BCUT2D eigenvalue weighted by Crippen LogP contribution is 1.99. The van der Waals surface area contributed by atoms with Crippen LogP contribution in [-0.4, -0.2) is 30.3 Å². The summed E-state index contributed by atoms with van der Waals surface area (Å²) < 4.78 is 5.05. The Labute approximate surface area is 101 Å². The first-order chi connectivity index (χ1) is 8.15. The van der Waals surface area contributed by atoms with Gasteiger partial charge >= 0.3 is 11.8 Å². The molecular weight excluding hydrogens is 220 g/mol. The van der Waals surface area contributed by atoms with E-state index in [0.717, 1.165) is 12.8 Å². The molecular formula is C12H18N2O3. The van der Waals surface area contributed by atoms with Crippen molar-refractivity contribution in [2.75, 3.05) is 13.6 Å². The molecule has 1 aromatic heterocycles. The molecule has 0 saturated heterocycles. The maximum Gasteiger partial charge on any atom is 0.311 e. The largest absolute Gasteiger partial charge is 0.467 e. The van der Waals surface area contributed by atoms with Crippen molar-refractivity contribution in [3.8, 4) is 0 Å². The molecule has 0 fully saturated rings. The minimum Gasteiger partial charge on any atom is -0.467 e. The summed E-state index contributed by atoms with van der Waals surface area (Å²) in [6, 6.07) is 3.47. The monoisotopic (exact) mass is 238 g/mol. The molecule has 0 spiro atoms. The molecule has 1 N–H and O–H groups in total. The normalized spacial score (nSPS) is 10.0. The molecule has 17 heavy (non-hydrogen) atoms. The first kappa shape index (κ1) is 13.3. The third kappa shape index (κ3) is 4.30. The lowest BCUT2D eigenvalue weighted by Crippen LogP contribution is -2.41. The van der Waals surface area contributed by atoms with Crippen LogP contribution >= 0.6 is 0 Å². The Hall–Kier alpha value is -1.78. The quantitative estimate of drug-likeness (QED) is 0.783. The second kappa shape index (κ2) is 6.73. The summed E-state index contributed by atoms with van der Waals surface area (Å²) in [6.07, 6.45) is 3.41. The summed E-state index contributed by atoms with van der Waals surface area (Å²) in [5, 5.41) is 2.52. The molecule has 0 aliphatic heterocycles. The molecule has 0 aliphatic rings. The number of likely N-dealkylation sites (N-methyl/N-ethyl adjacent to an activating group) is 1. The van der Waals surface area contributed by atoms with Crippen molar-refractivity contribution in [2.45, 2.75) is 26.3 Å². The molecule has 0 aliphatic carbocycles. The number of furan rings is 1. The number of rotatable bonds is 5. The number of nitrogens with one attached hydrogen (secondary N) is 1. The maximum absolute atomic E-state index is 11.6. The lowest BCUT2D eigenvalue weighted by Gasteiger charge is -2.15. The topological polar surface area (TPSA) is 62.6 Å². The number of nitrogens with zero attached hydrogens (tertiary/aromatic N) is 1. The van der Waals surface area contributed by atoms with Crippen molar-refractivity contribution >= 4 is 11.8 Å². The summed E-state index contributed by atoms with van der Waals surface area (Å²) in [6.45, 7) is 2.87. The van der Waals surface area contributed by atoms with Gasteiger partial charge in [0, 0.05) is 13.6 Å². The van der Waals surface area contributed by atoms with E-state index in [1.165, 1.54) is 11.2 Å². The van der Waals surface area contributed by atoms with Crippen LogP contribution in [0.15, 0.2) is 22.8 Å². The highest BCUT2D eigenvalue weighted by Gasteiger charge is 2.17. The highest BCUT2D eigenvalue weighted by atomic mass is 16.3. The lowest BCUT2D eigenvalue weighted by molar-refractivity contribution is -0.145. The molecule has 0 unspecified atom stereocenters. The van der Waals surface area contributed by atoms with Crippen LogP contribution in [0.25, 0.3) is 0 Å². The second-order valence-corrected chi connectivity index (χ2v) is 3.84. The van der Waals surface area contributed by atoms with Crippen molar-refractivity contribution in [2.24, 2.45) is 0 Å². The number of unbranched alkanes of at least 4 members (excludes halogenated alkanes) is 1. The molecule has 0 bridgehead atoms. The fourth-order valence-electron chi connectivity index (χ4n) is 1.33. The van der Waals surface area contributed by atoms with Crippen LogP contribution in [0, 0.1) is 0 Å². The fourth-order valence-corrected chi connectivity index (χ4v) is 1.33. The van der Waals surface area contributed by atoms with E-state index in [0.29, 0.717) is 12.3 Å². The summed E-state index contributed by atoms with van der Waals surface area (Å²) in [5.74, 6) is -0.479. The average molecular weight is 238 g/mol. The molecule has 5 heteroatoms. The van der Waals surface area contributed by atoms with Crippen LogP contribution in [0.4, 0.5) is 0 Å². The Kier molecular flexibility index (Phi) is 5.26. The fraction of sp³-hybridized carbons (Fsp3) is 0.500. The Morgan fingerprint density at radius 3 is 2.82 bits per heavy atom. The van der Waals surface area contributed by atoms with Crippen molar-refractivity contribution in [3.05, 3.63) is 24.2 Å². The highest BCUT2D eigenvalue weighted by molar-refractivity contribution is 6.34. The number of amides is 2. The zero-order valence-corrected chi connectivity index (χ0v) is 10.2. The van der Waals surface area contributed by atoms with E-state index < -0.39 is 11.8 Å². The van der Waals surface area contributed by atoms with Gasteiger partial charge in [0.05, 0.1) is 12.8 Å². The van der Waals surface area contributed by atoms with Gasteiger partial charge in [0.1, 0.15) is 5.76 Å². The minimum atomic E-state index is -0.597. The van der Waals surface area contributed by atoms with Crippen molar-refractivity contribution in [1.82, 2.24) is 10.2 Å². The molecule has 0 saturated carbocycles. The molecule has 0 aromatic carbocycles. The van der Waals surface area contributed by atoms with Crippen molar-refractivity contribution in [1.29, 1.82) is 0 Å². The van der Waals surface area contributed by atoms with Crippen LogP contribution in [0.5, 0.6) is 0 Å². The minimum absolute atomic E-state index is 0.235. The number of carbonyl (C=O) groups excluding carboxylic acids is 2. The van der Waals surface area contributed by atoms with Crippen LogP contribution < -0.4 is 5.32 Å². The van der Waals surface area contributed by atoms with Gasteiger partial charge in [0.2, 0.25) is 0 Å². The Balaban J connectivity index is 2.34. The van der Waals surface area contributed by atoms with E-state index in [1.807, 2.05) is 6.92 Å². The zero-order valence-electron chi connectivity index (χ0n) is 10.2. The number of carbonyl (C=O) groups is 2. The van der Waals surface area contributed by atoms with Gasteiger partial charge < -0.3 is 14.6 Å². The van der Waals surface area contributed by atoms with Gasteiger partial charge in [-0.25, -0.2) is 0 Å². The summed E-state index contributed by atoms with van der Waals surface area (Å²) in [7, 11) is 1.63. The molecule has 1 aromatic rings. The summed E-state index contributed by atoms with van der Waals surface area (Å²) >= 11 is 0. The van der Waals surface area contributed by atoms with Gasteiger partial charge in [-0.05, 0) is 18.6 Å². The molecule has 2 amide bonds. The molecule has 1 heterocycles. The number of hydrogen-bond acceptors (Lipinski definition) is 3. The first-order valence-corrected chi connectivity index (χ1v) is 5.70. The van der Waals surface area contributed by atoms with Gasteiger partial charge in [-0.2, -0.15) is 0 Å². The SMILES string of the molecule is CCCCN(C)C(=O)C(=O)NCc1ccco1. The number of hydrogen-bond donors (Lipinski definition) is 1. The van der Waals surface area contributed by atoms with Gasteiger partial charge in [0.25, 0.3) is 0 Å². The first-order valence-electron chi connectivity index (χ1n) is 5.70. The molecule has 5 nitrogen and oxygen atoms in total. The van der Waals surface area contributed by atoms with Gasteiger partial charge in [0.15, 0.2) is 0 Å². The Morgan fingerprint density at radius 2 is 2.24 bits per heavy atom. The van der Waals surface area contributed by atoms with Gasteiger partial charge in [-0.1, -0.05) is 13.3 Å². The van der Waals surface area contributed by atoms with Crippen LogP contribution in [0.1, 0.15) is 25.5 Å². The molecule has 94 valence electrons. The Bertz CT molecular complexity index is 360. The predicted molar refractivity (Wildman–Crippen MR) is 63.1 cm³/mol. The molecule has 0 atom stereocenters. The van der Waals surface area contributed by atoms with E-state index >= 15 is 0 Å². The zero-order chi connectivity index (χ0) is 12.7. The summed E-state index contributed by atoms with van der Waals surface area (Å²) in [4.78, 5) is 24.5. The van der Waals surface area contributed by atoms with Crippen molar-refractivity contribution < 1.29 is 14.0 Å². The van der Waals surface area contributed by atoms with E-state index in [9.17, 15) is 9.59 Å². The lowest BCUT2D eigenvalue weighted by atomic mass is 10.3. The van der Waals surface area contributed by atoms with Crippen LogP contribution in [0.3, 0.4) is 0 Å². The average Bonchev–Trinajstić information content (AvgIpc) is 2.85. The van der Waals surface area contributed by atoms with Gasteiger partial charge in [-0.15, -0.1) is 0 Å². The third-order valence-corrected chi connectivity index (χ3v) is 2.39. The van der Waals surface area contributed by atoms with E-state index in [4.69, 9.17) is 4.42 Å². The van der Waals surface area contributed by atoms with E-state index in [1.54, 1.807) is 19.2 Å². The predicted octanol–water partition coefficient (Wildman–Crippen LogP) is 1.15. The van der Waals surface area contributed by atoms with Crippen LogP contribution in [0.2, 0.25) is 0 Å². The van der Waals surface area contributed by atoms with E-state index in [2.05, 4.69) is 5.32 Å². The summed E-state index contributed by atoms with van der Waals surface area (Å²) in [5.41, 5.74) is 0. The Morgan fingerprint density at radius 1 is 1.47 bits per heavy atom. The maximum atomic E-state index is 11.6. The van der Waals surface area contributed by atoms with Gasteiger partial charge in [-0.3, -0.25) is 9.59 Å². The molecule has 0 radical (unpaired) electrons. The van der Waals surface area contributed by atoms with E-state index in [-0.39, 0.29) is 6.54 Å². The third-order valence-electron chi connectivity index (χ3n) is 2.39. The standard InChI is InChI=1S/C12H18N2O3/c1-3-4-7-14(2)12(16)11(15)13-9-10-6-5-8-17-10/h5-6,8H,3-4,7,9H2,1-2H3,(H,13,15). The molecule has 1 rings (SSSR count).